The number of hydrogen-bond donors (Lipinski definition) is 4. The van der Waals surface area contributed by atoms with Crippen molar-refractivity contribution in [2.24, 2.45) is 5.92 Å². The molecule has 0 saturated heterocycles. The highest BCUT2D eigenvalue weighted by molar-refractivity contribution is 7.23. The predicted molar refractivity (Wildman–Crippen MR) is 111 cm³/mol. The number of hydrogen-bond acceptors (Lipinski definition) is 4. The predicted octanol–water partition coefficient (Wildman–Crippen LogP) is 3.85. The van der Waals surface area contributed by atoms with Crippen LogP contribution in [0, 0.1) is 5.92 Å². The number of carbonyl (C=O) groups is 2. The van der Waals surface area contributed by atoms with Gasteiger partial charge in [-0.1, -0.05) is 47.5 Å². The van der Waals surface area contributed by atoms with E-state index in [1.807, 2.05) is 24.3 Å². The van der Waals surface area contributed by atoms with Gasteiger partial charge in [0.1, 0.15) is 10.0 Å². The molecule has 9 heteroatoms. The molecule has 28 heavy (non-hydrogen) atoms. The van der Waals surface area contributed by atoms with E-state index in [1.165, 1.54) is 16.9 Å². The quantitative estimate of drug-likeness (QED) is 0.470. The van der Waals surface area contributed by atoms with Crippen LogP contribution in [-0.2, 0) is 11.2 Å². The summed E-state index contributed by atoms with van der Waals surface area (Å²) in [6, 6.07) is 9.56. The van der Waals surface area contributed by atoms with Crippen LogP contribution in [0.1, 0.15) is 27.7 Å². The second-order valence-corrected chi connectivity index (χ2v) is 8.77. The first-order chi connectivity index (χ1) is 13.4. The Hall–Kier alpha value is -2.06. The fraction of sp³-hybridized carbons (Fsp3) is 0.263. The number of amides is 1. The number of rotatable bonds is 6. The number of halogens is 2. The van der Waals surface area contributed by atoms with E-state index < -0.39 is 5.97 Å². The summed E-state index contributed by atoms with van der Waals surface area (Å²) < 4.78 is 1.32. The second-order valence-electron chi connectivity index (χ2n) is 6.74. The summed E-state index contributed by atoms with van der Waals surface area (Å²) >= 11 is 13.5. The molecule has 2 atom stereocenters. The van der Waals surface area contributed by atoms with Crippen LogP contribution >= 0.6 is 34.5 Å². The van der Waals surface area contributed by atoms with Gasteiger partial charge in [0.2, 0.25) is 0 Å². The van der Waals surface area contributed by atoms with Gasteiger partial charge < -0.3 is 15.4 Å². The zero-order chi connectivity index (χ0) is 19.8. The Labute approximate surface area is 174 Å². The molecule has 0 radical (unpaired) electrons. The number of fused-ring (bicyclic) bond motifs is 2. The zero-order valence-electron chi connectivity index (χ0n) is 14.6. The van der Waals surface area contributed by atoms with Crippen molar-refractivity contribution in [2.45, 2.75) is 12.5 Å². The number of carbonyl (C=O) groups excluding carboxylic acids is 1. The van der Waals surface area contributed by atoms with Crippen molar-refractivity contribution in [3.8, 4) is 0 Å². The molecule has 1 amide bonds. The number of H-pyrrole nitrogens is 1. The molecule has 4 rings (SSSR count). The van der Waals surface area contributed by atoms with Crippen LogP contribution < -0.4 is 10.6 Å². The molecule has 0 fully saturated rings. The average Bonchev–Trinajstić information content (AvgIpc) is 3.31. The minimum absolute atomic E-state index is 0.0646. The Balaban J connectivity index is 1.46. The van der Waals surface area contributed by atoms with Crippen LogP contribution in [0.15, 0.2) is 30.3 Å². The Kier molecular flexibility index (Phi) is 5.33. The van der Waals surface area contributed by atoms with E-state index >= 15 is 0 Å². The second kappa shape index (κ2) is 7.75. The van der Waals surface area contributed by atoms with E-state index in [4.69, 9.17) is 28.3 Å². The van der Waals surface area contributed by atoms with Gasteiger partial charge in [-0.15, -0.1) is 11.3 Å². The van der Waals surface area contributed by atoms with Gasteiger partial charge in [0.05, 0.1) is 21.8 Å². The number of thiophene rings is 1. The molecule has 2 aromatic heterocycles. The molecule has 1 aromatic carbocycles. The van der Waals surface area contributed by atoms with Crippen molar-refractivity contribution in [2.75, 3.05) is 13.1 Å². The molecule has 0 bridgehead atoms. The summed E-state index contributed by atoms with van der Waals surface area (Å²) in [6.45, 7) is 0.293. The fourth-order valence-corrected chi connectivity index (χ4v) is 5.18. The van der Waals surface area contributed by atoms with Crippen LogP contribution in [0.3, 0.4) is 0 Å². The smallest absolute Gasteiger partial charge is 0.317 e. The fourth-order valence-electron chi connectivity index (χ4n) is 3.70. The minimum atomic E-state index is -0.908. The summed E-state index contributed by atoms with van der Waals surface area (Å²) in [5, 5.41) is 15.5. The number of carboxylic acids is 1. The van der Waals surface area contributed by atoms with Crippen molar-refractivity contribution < 1.29 is 14.7 Å². The van der Waals surface area contributed by atoms with Crippen molar-refractivity contribution in [1.29, 1.82) is 0 Å². The summed E-state index contributed by atoms with van der Waals surface area (Å²) in [4.78, 5) is 26.6. The maximum atomic E-state index is 12.6. The van der Waals surface area contributed by atoms with Crippen LogP contribution in [0.5, 0.6) is 0 Å². The van der Waals surface area contributed by atoms with Gasteiger partial charge in [-0.05, 0) is 29.5 Å². The summed E-state index contributed by atoms with van der Waals surface area (Å²) in [6.07, 6.45) is 0.773. The number of carboxylic acid groups (broad SMARTS) is 1. The Morgan fingerprint density at radius 1 is 1.29 bits per heavy atom. The van der Waals surface area contributed by atoms with E-state index in [9.17, 15) is 9.59 Å². The topological polar surface area (TPSA) is 94.2 Å². The highest BCUT2D eigenvalue weighted by atomic mass is 35.5. The molecule has 0 saturated carbocycles. The number of aromatic amines is 1. The highest BCUT2D eigenvalue weighted by Gasteiger charge is 2.32. The lowest BCUT2D eigenvalue weighted by molar-refractivity contribution is -0.136. The Morgan fingerprint density at radius 2 is 2.07 bits per heavy atom. The molecule has 6 nitrogen and oxygen atoms in total. The highest BCUT2D eigenvalue weighted by Crippen LogP contribution is 2.39. The monoisotopic (exact) mass is 437 g/mol. The van der Waals surface area contributed by atoms with E-state index in [1.54, 1.807) is 6.07 Å². The van der Waals surface area contributed by atoms with Crippen molar-refractivity contribution in [3.63, 3.8) is 0 Å². The van der Waals surface area contributed by atoms with Gasteiger partial charge in [-0.2, -0.15) is 0 Å². The van der Waals surface area contributed by atoms with Crippen LogP contribution in [0.2, 0.25) is 9.36 Å². The van der Waals surface area contributed by atoms with Gasteiger partial charge in [0.15, 0.2) is 0 Å². The number of aliphatic carboxylic acids is 1. The molecule has 0 unspecified atom stereocenters. The maximum Gasteiger partial charge on any atom is 0.317 e. The van der Waals surface area contributed by atoms with E-state index in [-0.39, 0.29) is 24.4 Å². The minimum Gasteiger partial charge on any atom is -0.480 e. The first kappa shape index (κ1) is 19.3. The SMILES string of the molecule is O=C(O)CN[C@@H]1c2ccccc2C[C@@H]1CNC(=O)c1cc2sc(Cl)c(Cl)c2[nH]1. The molecule has 2 heterocycles. The van der Waals surface area contributed by atoms with Gasteiger partial charge in [-0.25, -0.2) is 0 Å². The number of aromatic nitrogens is 1. The lowest BCUT2D eigenvalue weighted by Crippen LogP contribution is -2.37. The third-order valence-electron chi connectivity index (χ3n) is 4.96. The average molecular weight is 438 g/mol. The summed E-state index contributed by atoms with van der Waals surface area (Å²) in [7, 11) is 0. The van der Waals surface area contributed by atoms with E-state index in [0.717, 1.165) is 16.7 Å². The summed E-state index contributed by atoms with van der Waals surface area (Å²) in [5.41, 5.74) is 3.35. The maximum absolute atomic E-state index is 12.6. The molecule has 1 aliphatic rings. The van der Waals surface area contributed by atoms with Crippen molar-refractivity contribution >= 4 is 56.6 Å². The third kappa shape index (κ3) is 3.63. The standard InChI is InChI=1S/C19H17Cl2N3O3S/c20-15-17-13(28-18(15)21)6-12(24-17)19(27)23-7-10-5-9-3-1-2-4-11(9)16(10)22-8-14(25)26/h1-4,6,10,16,22,24H,5,7-8H2,(H,23,27)(H,25,26)/t10-,16+/m1/s1. The van der Waals surface area contributed by atoms with Crippen LogP contribution in [0.25, 0.3) is 10.2 Å². The molecule has 3 aromatic rings. The Bertz CT molecular complexity index is 1060. The van der Waals surface area contributed by atoms with Gasteiger partial charge >= 0.3 is 5.97 Å². The molecular weight excluding hydrogens is 421 g/mol. The summed E-state index contributed by atoms with van der Waals surface area (Å²) in [5.74, 6) is -1.08. The Morgan fingerprint density at radius 3 is 2.82 bits per heavy atom. The molecular formula is C19H17Cl2N3O3S. The largest absolute Gasteiger partial charge is 0.480 e. The normalized spacial score (nSPS) is 18.4. The van der Waals surface area contributed by atoms with Gasteiger partial charge in [0.25, 0.3) is 5.91 Å². The molecule has 4 N–H and O–H groups in total. The number of nitrogens with one attached hydrogen (secondary N) is 3. The van der Waals surface area contributed by atoms with Crippen molar-refractivity contribution in [3.05, 3.63) is 56.5 Å². The molecule has 0 spiro atoms. The number of benzene rings is 1. The third-order valence-corrected chi connectivity index (χ3v) is 6.89. The lowest BCUT2D eigenvalue weighted by atomic mass is 10.0. The van der Waals surface area contributed by atoms with E-state index in [2.05, 4.69) is 15.6 Å². The molecule has 146 valence electrons. The van der Waals surface area contributed by atoms with Crippen molar-refractivity contribution in [1.82, 2.24) is 15.6 Å². The van der Waals surface area contributed by atoms with Crippen LogP contribution in [-0.4, -0.2) is 35.1 Å². The van der Waals surface area contributed by atoms with Gasteiger partial charge in [-0.3, -0.25) is 14.9 Å². The lowest BCUT2D eigenvalue weighted by Gasteiger charge is -2.21. The first-order valence-corrected chi connectivity index (χ1v) is 10.3. The zero-order valence-corrected chi connectivity index (χ0v) is 16.9. The van der Waals surface area contributed by atoms with Crippen LogP contribution in [0.4, 0.5) is 0 Å². The molecule has 1 aliphatic carbocycles. The van der Waals surface area contributed by atoms with E-state index in [0.29, 0.717) is 27.1 Å². The van der Waals surface area contributed by atoms with Gasteiger partial charge in [0, 0.05) is 12.6 Å². The molecule has 0 aliphatic heterocycles. The first-order valence-electron chi connectivity index (χ1n) is 8.71.